The van der Waals surface area contributed by atoms with E-state index in [4.69, 9.17) is 5.26 Å². The van der Waals surface area contributed by atoms with Crippen LogP contribution in [0.25, 0.3) is 0 Å². The minimum Gasteiger partial charge on any atom is -0.317 e. The van der Waals surface area contributed by atoms with Crippen LogP contribution >= 0.6 is 11.3 Å². The highest BCUT2D eigenvalue weighted by atomic mass is 32.1. The van der Waals surface area contributed by atoms with Crippen molar-refractivity contribution in [1.29, 1.82) is 5.26 Å². The zero-order chi connectivity index (χ0) is 14.4. The molecule has 1 N–H and O–H groups in total. The topological polar surface area (TPSA) is 56.1 Å². The molecule has 1 fully saturated rings. The second-order valence-electron chi connectivity index (χ2n) is 5.35. The molecule has 0 atom stereocenters. The summed E-state index contributed by atoms with van der Waals surface area (Å²) in [4.78, 5) is 14.2. The fourth-order valence-electron chi connectivity index (χ4n) is 2.67. The van der Waals surface area contributed by atoms with E-state index >= 15 is 0 Å². The van der Waals surface area contributed by atoms with Crippen molar-refractivity contribution in [2.75, 3.05) is 18.9 Å². The Morgan fingerprint density at radius 2 is 2.25 bits per heavy atom. The summed E-state index contributed by atoms with van der Waals surface area (Å²) in [5.41, 5.74) is 0.545. The zero-order valence-corrected chi connectivity index (χ0v) is 12.7. The van der Waals surface area contributed by atoms with Crippen molar-refractivity contribution < 1.29 is 4.79 Å². The Morgan fingerprint density at radius 1 is 1.50 bits per heavy atom. The van der Waals surface area contributed by atoms with E-state index in [1.54, 1.807) is 6.07 Å². The van der Waals surface area contributed by atoms with E-state index in [-0.39, 0.29) is 5.91 Å². The van der Waals surface area contributed by atoms with Crippen LogP contribution in [-0.4, -0.2) is 30.4 Å². The summed E-state index contributed by atoms with van der Waals surface area (Å²) >= 11 is 1.40. The van der Waals surface area contributed by atoms with E-state index in [9.17, 15) is 4.79 Å². The van der Waals surface area contributed by atoms with Crippen molar-refractivity contribution in [3.05, 3.63) is 17.0 Å². The largest absolute Gasteiger partial charge is 0.317 e. The zero-order valence-electron chi connectivity index (χ0n) is 11.9. The average molecular weight is 291 g/mol. The molecule has 0 radical (unpaired) electrons. The molecule has 1 aromatic heterocycles. The molecule has 1 aliphatic rings. The maximum Gasteiger partial charge on any atom is 0.226 e. The van der Waals surface area contributed by atoms with Crippen LogP contribution in [0.3, 0.4) is 0 Å². The third-order valence-corrected chi connectivity index (χ3v) is 4.76. The number of carbonyl (C=O) groups excluding carboxylic acids is 1. The number of thiophene rings is 1. The molecule has 0 bridgehead atoms. The number of nitriles is 1. The lowest BCUT2D eigenvalue weighted by atomic mass is 9.94. The predicted octanol–water partition coefficient (Wildman–Crippen LogP) is 3.21. The number of rotatable bonds is 5. The SMILES string of the molecule is CN(CCC(=O)Nc1sccc1C#N)C1CCCCC1. The number of anilines is 1. The Bertz CT molecular complexity index is 486. The molecule has 0 saturated heterocycles. The van der Waals surface area contributed by atoms with Crippen molar-refractivity contribution in [2.45, 2.75) is 44.6 Å². The van der Waals surface area contributed by atoms with Crippen molar-refractivity contribution in [3.63, 3.8) is 0 Å². The first-order chi connectivity index (χ1) is 9.70. The summed E-state index contributed by atoms with van der Waals surface area (Å²) < 4.78 is 0. The summed E-state index contributed by atoms with van der Waals surface area (Å²) in [6.07, 6.45) is 6.95. The minimum atomic E-state index is -0.00777. The lowest BCUT2D eigenvalue weighted by molar-refractivity contribution is -0.116. The molecule has 1 heterocycles. The Balaban J connectivity index is 1.76. The van der Waals surface area contributed by atoms with Crippen LogP contribution in [0.4, 0.5) is 5.00 Å². The maximum atomic E-state index is 11.9. The van der Waals surface area contributed by atoms with Gasteiger partial charge in [0.05, 0.1) is 5.56 Å². The molecule has 20 heavy (non-hydrogen) atoms. The van der Waals surface area contributed by atoms with Crippen LogP contribution in [0.5, 0.6) is 0 Å². The van der Waals surface area contributed by atoms with Crippen LogP contribution in [0.2, 0.25) is 0 Å². The van der Waals surface area contributed by atoms with E-state index < -0.39 is 0 Å². The van der Waals surface area contributed by atoms with E-state index in [0.717, 1.165) is 6.54 Å². The fraction of sp³-hybridized carbons (Fsp3) is 0.600. The molecule has 1 saturated carbocycles. The highest BCUT2D eigenvalue weighted by molar-refractivity contribution is 7.14. The molecule has 108 valence electrons. The number of nitrogens with one attached hydrogen (secondary N) is 1. The number of amides is 1. The average Bonchev–Trinajstić information content (AvgIpc) is 2.92. The van der Waals surface area contributed by atoms with Crippen LogP contribution < -0.4 is 5.32 Å². The smallest absolute Gasteiger partial charge is 0.226 e. The summed E-state index contributed by atoms with van der Waals surface area (Å²) in [6.45, 7) is 0.782. The van der Waals surface area contributed by atoms with E-state index in [1.165, 1.54) is 43.4 Å². The lowest BCUT2D eigenvalue weighted by Gasteiger charge is -2.30. The molecule has 0 aromatic carbocycles. The number of hydrogen-bond acceptors (Lipinski definition) is 4. The van der Waals surface area contributed by atoms with Crippen molar-refractivity contribution >= 4 is 22.2 Å². The normalized spacial score (nSPS) is 16.1. The van der Waals surface area contributed by atoms with Crippen LogP contribution in [0.15, 0.2) is 11.4 Å². The maximum absolute atomic E-state index is 11.9. The van der Waals surface area contributed by atoms with Gasteiger partial charge in [0.2, 0.25) is 5.91 Å². The Hall–Kier alpha value is -1.38. The molecule has 0 aliphatic heterocycles. The van der Waals surface area contributed by atoms with Gasteiger partial charge in [-0.3, -0.25) is 4.79 Å². The summed E-state index contributed by atoms with van der Waals surface area (Å²) in [6, 6.07) is 4.45. The van der Waals surface area contributed by atoms with Gasteiger partial charge in [-0.05, 0) is 31.3 Å². The van der Waals surface area contributed by atoms with Gasteiger partial charge < -0.3 is 10.2 Å². The van der Waals surface area contributed by atoms with Crippen molar-refractivity contribution in [2.24, 2.45) is 0 Å². The molecule has 2 rings (SSSR count). The highest BCUT2D eigenvalue weighted by Crippen LogP contribution is 2.23. The molecule has 0 spiro atoms. The Labute approximate surface area is 124 Å². The Kier molecular flexibility index (Phi) is 5.57. The van der Waals surface area contributed by atoms with Gasteiger partial charge in [-0.1, -0.05) is 19.3 Å². The first kappa shape index (κ1) is 15.0. The van der Waals surface area contributed by atoms with Crippen LogP contribution in [-0.2, 0) is 4.79 Å². The van der Waals surface area contributed by atoms with E-state index in [1.807, 2.05) is 5.38 Å². The second kappa shape index (κ2) is 7.41. The molecule has 0 unspecified atom stereocenters. The van der Waals surface area contributed by atoms with Gasteiger partial charge in [0.25, 0.3) is 0 Å². The highest BCUT2D eigenvalue weighted by Gasteiger charge is 2.18. The predicted molar refractivity (Wildman–Crippen MR) is 81.8 cm³/mol. The molecule has 5 heteroatoms. The fourth-order valence-corrected chi connectivity index (χ4v) is 3.42. The van der Waals surface area contributed by atoms with E-state index in [2.05, 4.69) is 23.3 Å². The number of nitrogens with zero attached hydrogens (tertiary/aromatic N) is 2. The Morgan fingerprint density at radius 3 is 2.95 bits per heavy atom. The van der Waals surface area contributed by atoms with Gasteiger partial charge in [0, 0.05) is 19.0 Å². The molecular formula is C15H21N3OS. The summed E-state index contributed by atoms with van der Waals surface area (Å²) in [5.74, 6) is -0.00777. The summed E-state index contributed by atoms with van der Waals surface area (Å²) in [5, 5.41) is 14.2. The van der Waals surface area contributed by atoms with E-state index in [0.29, 0.717) is 23.0 Å². The molecule has 1 aliphatic carbocycles. The van der Waals surface area contributed by atoms with Gasteiger partial charge in [-0.15, -0.1) is 11.3 Å². The van der Waals surface area contributed by atoms with Crippen LogP contribution in [0, 0.1) is 11.3 Å². The minimum absolute atomic E-state index is 0.00777. The third-order valence-electron chi connectivity index (χ3n) is 3.93. The standard InChI is InChI=1S/C15H21N3OS/c1-18(13-5-3-2-4-6-13)9-7-14(19)17-15-12(11-16)8-10-20-15/h8,10,13H,2-7,9H2,1H3,(H,17,19). The van der Waals surface area contributed by atoms with Gasteiger partial charge in [-0.2, -0.15) is 5.26 Å². The van der Waals surface area contributed by atoms with Gasteiger partial charge in [-0.25, -0.2) is 0 Å². The van der Waals surface area contributed by atoms with Gasteiger partial charge >= 0.3 is 0 Å². The summed E-state index contributed by atoms with van der Waals surface area (Å²) in [7, 11) is 2.11. The van der Waals surface area contributed by atoms with Gasteiger partial charge in [0.1, 0.15) is 11.1 Å². The molecule has 1 amide bonds. The monoisotopic (exact) mass is 291 g/mol. The molecular weight excluding hydrogens is 270 g/mol. The molecule has 1 aromatic rings. The van der Waals surface area contributed by atoms with Gasteiger partial charge in [0.15, 0.2) is 0 Å². The van der Waals surface area contributed by atoms with Crippen molar-refractivity contribution in [1.82, 2.24) is 4.90 Å². The number of carbonyl (C=O) groups is 1. The first-order valence-corrected chi connectivity index (χ1v) is 8.06. The number of hydrogen-bond donors (Lipinski definition) is 1. The third kappa shape index (κ3) is 4.06. The molecule has 4 nitrogen and oxygen atoms in total. The van der Waals surface area contributed by atoms with Crippen LogP contribution in [0.1, 0.15) is 44.1 Å². The van der Waals surface area contributed by atoms with Crippen molar-refractivity contribution in [3.8, 4) is 6.07 Å². The first-order valence-electron chi connectivity index (χ1n) is 7.18. The quantitative estimate of drug-likeness (QED) is 0.906. The lowest BCUT2D eigenvalue weighted by Crippen LogP contribution is -2.35. The second-order valence-corrected chi connectivity index (χ2v) is 6.26.